The monoisotopic (exact) mass is 426 g/mol. The molecule has 0 heterocycles. The molecule has 30 heavy (non-hydrogen) atoms. The lowest BCUT2D eigenvalue weighted by Crippen LogP contribution is -2.30. The average molecular weight is 427 g/mol. The number of nitrogens with zero attached hydrogens (tertiary/aromatic N) is 1. The molecule has 3 aromatic rings. The Balaban J connectivity index is 1.81. The molecule has 0 fully saturated rings. The van der Waals surface area contributed by atoms with Gasteiger partial charge in [-0.2, -0.15) is 0 Å². The number of carbonyl (C=O) groups is 1. The number of para-hydroxylation sites is 1. The zero-order valence-electron chi connectivity index (χ0n) is 17.0. The Bertz CT molecular complexity index is 1180. The Kier molecular flexibility index (Phi) is 6.22. The lowest BCUT2D eigenvalue weighted by atomic mass is 10.1. The van der Waals surface area contributed by atoms with Gasteiger partial charge in [-0.1, -0.05) is 36.4 Å². The van der Waals surface area contributed by atoms with Crippen molar-refractivity contribution in [2.45, 2.75) is 20.4 Å². The van der Waals surface area contributed by atoms with E-state index in [4.69, 9.17) is 0 Å². The van der Waals surface area contributed by atoms with Gasteiger partial charge in [-0.05, 0) is 60.9 Å². The summed E-state index contributed by atoms with van der Waals surface area (Å²) in [4.78, 5) is 12.4. The highest BCUT2D eigenvalue weighted by atomic mass is 32.2. The highest BCUT2D eigenvalue weighted by molar-refractivity contribution is 7.92. The molecule has 7 heteroatoms. The lowest BCUT2D eigenvalue weighted by molar-refractivity contribution is 0.102. The molecule has 0 aromatic heterocycles. The van der Waals surface area contributed by atoms with Crippen LogP contribution in [0.25, 0.3) is 0 Å². The van der Waals surface area contributed by atoms with Crippen LogP contribution < -0.4 is 9.62 Å². The van der Waals surface area contributed by atoms with Crippen LogP contribution >= 0.6 is 0 Å². The molecule has 1 N–H and O–H groups in total. The standard InChI is InChI=1S/C23H23FN2O3S/c1-16-8-9-17(2)22(14-16)26(30(3,28)29)15-18-10-12-19(13-11-18)23(27)25-21-7-5-4-6-20(21)24/h4-14H,15H2,1-3H3,(H,25,27). The third-order valence-electron chi connectivity index (χ3n) is 4.70. The molecule has 5 nitrogen and oxygen atoms in total. The SMILES string of the molecule is Cc1ccc(C)c(N(Cc2ccc(C(=O)Nc3ccccc3F)cc2)S(C)(=O)=O)c1. The van der Waals surface area contributed by atoms with Crippen LogP contribution in [0.2, 0.25) is 0 Å². The van der Waals surface area contributed by atoms with Crippen LogP contribution in [-0.2, 0) is 16.6 Å². The molecule has 3 rings (SSSR count). The van der Waals surface area contributed by atoms with Crippen LogP contribution in [-0.4, -0.2) is 20.6 Å². The summed E-state index contributed by atoms with van der Waals surface area (Å²) in [7, 11) is -3.51. The molecule has 0 saturated heterocycles. The molecule has 0 bridgehead atoms. The maximum atomic E-state index is 13.7. The van der Waals surface area contributed by atoms with E-state index >= 15 is 0 Å². The van der Waals surface area contributed by atoms with Gasteiger partial charge in [0.1, 0.15) is 5.82 Å². The molecule has 0 aliphatic rings. The Morgan fingerprint density at radius 2 is 1.67 bits per heavy atom. The van der Waals surface area contributed by atoms with Gasteiger partial charge in [0.05, 0.1) is 24.2 Å². The molecular weight excluding hydrogens is 403 g/mol. The summed E-state index contributed by atoms with van der Waals surface area (Å²) in [6.07, 6.45) is 1.17. The van der Waals surface area contributed by atoms with Crippen LogP contribution in [0.15, 0.2) is 66.7 Å². The molecule has 0 spiro atoms. The fraction of sp³-hybridized carbons (Fsp3) is 0.174. The van der Waals surface area contributed by atoms with Crippen molar-refractivity contribution in [3.05, 3.63) is 94.8 Å². The molecule has 0 aliphatic heterocycles. The number of hydrogen-bond donors (Lipinski definition) is 1. The predicted molar refractivity (Wildman–Crippen MR) is 118 cm³/mol. The number of rotatable bonds is 6. The van der Waals surface area contributed by atoms with Crippen molar-refractivity contribution in [3.8, 4) is 0 Å². The second-order valence-electron chi connectivity index (χ2n) is 7.19. The van der Waals surface area contributed by atoms with E-state index in [1.165, 1.54) is 22.7 Å². The average Bonchev–Trinajstić information content (AvgIpc) is 2.69. The van der Waals surface area contributed by atoms with Gasteiger partial charge in [-0.15, -0.1) is 0 Å². The predicted octanol–water partition coefficient (Wildman–Crippen LogP) is 4.66. The maximum absolute atomic E-state index is 13.7. The minimum atomic E-state index is -3.51. The van der Waals surface area contributed by atoms with E-state index in [-0.39, 0.29) is 12.2 Å². The minimum absolute atomic E-state index is 0.102. The lowest BCUT2D eigenvalue weighted by Gasteiger charge is -2.25. The van der Waals surface area contributed by atoms with Crippen LogP contribution in [0.3, 0.4) is 0 Å². The summed E-state index contributed by atoms with van der Waals surface area (Å²) in [5.41, 5.74) is 3.61. The van der Waals surface area contributed by atoms with Crippen LogP contribution in [0.1, 0.15) is 27.0 Å². The van der Waals surface area contributed by atoms with Gasteiger partial charge in [-0.25, -0.2) is 12.8 Å². The first-order valence-electron chi connectivity index (χ1n) is 9.35. The quantitative estimate of drug-likeness (QED) is 0.623. The number of aryl methyl sites for hydroxylation is 2. The number of hydrogen-bond acceptors (Lipinski definition) is 3. The van der Waals surface area contributed by atoms with Crippen LogP contribution in [0, 0.1) is 19.7 Å². The van der Waals surface area contributed by atoms with Crippen LogP contribution in [0.5, 0.6) is 0 Å². The van der Waals surface area contributed by atoms with Crippen LogP contribution in [0.4, 0.5) is 15.8 Å². The van der Waals surface area contributed by atoms with E-state index in [1.54, 1.807) is 36.4 Å². The summed E-state index contributed by atoms with van der Waals surface area (Å²) in [5, 5.41) is 2.53. The number of sulfonamides is 1. The maximum Gasteiger partial charge on any atom is 0.255 e. The Morgan fingerprint density at radius 3 is 2.30 bits per heavy atom. The Hall–Kier alpha value is -3.19. The number of amides is 1. The fourth-order valence-corrected chi connectivity index (χ4v) is 3.99. The summed E-state index contributed by atoms with van der Waals surface area (Å²) in [5.74, 6) is -0.957. The number of nitrogens with one attached hydrogen (secondary N) is 1. The zero-order chi connectivity index (χ0) is 21.9. The first-order chi connectivity index (χ1) is 14.1. The van der Waals surface area contributed by atoms with E-state index in [0.29, 0.717) is 11.3 Å². The number of halogens is 1. The summed E-state index contributed by atoms with van der Waals surface area (Å²) < 4.78 is 40.0. The largest absolute Gasteiger partial charge is 0.319 e. The minimum Gasteiger partial charge on any atom is -0.319 e. The molecule has 0 atom stereocenters. The molecule has 0 radical (unpaired) electrons. The molecular formula is C23H23FN2O3S. The molecule has 0 saturated carbocycles. The van der Waals surface area contributed by atoms with Crippen molar-refractivity contribution in [2.75, 3.05) is 15.9 Å². The number of anilines is 2. The van der Waals surface area contributed by atoms with E-state index in [2.05, 4.69) is 5.32 Å². The van der Waals surface area contributed by atoms with Gasteiger partial charge in [-0.3, -0.25) is 9.10 Å². The Labute approximate surface area is 176 Å². The smallest absolute Gasteiger partial charge is 0.255 e. The van der Waals surface area contributed by atoms with E-state index in [0.717, 1.165) is 16.7 Å². The van der Waals surface area contributed by atoms with Crippen molar-refractivity contribution in [3.63, 3.8) is 0 Å². The van der Waals surface area contributed by atoms with Crippen molar-refractivity contribution in [2.24, 2.45) is 0 Å². The van der Waals surface area contributed by atoms with E-state index in [1.807, 2.05) is 32.0 Å². The van der Waals surface area contributed by atoms with Gasteiger partial charge in [0.2, 0.25) is 10.0 Å². The molecule has 3 aromatic carbocycles. The Morgan fingerprint density at radius 1 is 1.00 bits per heavy atom. The van der Waals surface area contributed by atoms with Gasteiger partial charge in [0.25, 0.3) is 5.91 Å². The van der Waals surface area contributed by atoms with Crippen molar-refractivity contribution < 1.29 is 17.6 Å². The second-order valence-corrected chi connectivity index (χ2v) is 9.10. The third-order valence-corrected chi connectivity index (χ3v) is 5.82. The summed E-state index contributed by atoms with van der Waals surface area (Å²) in [6.45, 7) is 3.91. The molecule has 0 unspecified atom stereocenters. The first-order valence-corrected chi connectivity index (χ1v) is 11.2. The fourth-order valence-electron chi connectivity index (χ4n) is 3.05. The molecule has 156 valence electrons. The summed E-state index contributed by atoms with van der Waals surface area (Å²) >= 11 is 0. The van der Waals surface area contributed by atoms with Crippen molar-refractivity contribution in [1.82, 2.24) is 0 Å². The summed E-state index contributed by atoms with van der Waals surface area (Å²) in [6, 6.07) is 18.2. The molecule has 1 amide bonds. The topological polar surface area (TPSA) is 66.5 Å². The normalized spacial score (nSPS) is 11.2. The molecule has 0 aliphatic carbocycles. The van der Waals surface area contributed by atoms with Gasteiger partial charge >= 0.3 is 0 Å². The number of carbonyl (C=O) groups excluding carboxylic acids is 1. The van der Waals surface area contributed by atoms with E-state index in [9.17, 15) is 17.6 Å². The van der Waals surface area contributed by atoms with Gasteiger partial charge < -0.3 is 5.32 Å². The van der Waals surface area contributed by atoms with E-state index < -0.39 is 21.7 Å². The highest BCUT2D eigenvalue weighted by Crippen LogP contribution is 2.26. The number of benzene rings is 3. The second kappa shape index (κ2) is 8.67. The third kappa shape index (κ3) is 5.04. The van der Waals surface area contributed by atoms with Crippen molar-refractivity contribution >= 4 is 27.3 Å². The van der Waals surface area contributed by atoms with Gasteiger partial charge in [0.15, 0.2) is 0 Å². The van der Waals surface area contributed by atoms with Gasteiger partial charge in [0, 0.05) is 5.56 Å². The first kappa shape index (κ1) is 21.5. The highest BCUT2D eigenvalue weighted by Gasteiger charge is 2.20. The zero-order valence-corrected chi connectivity index (χ0v) is 17.8. The van der Waals surface area contributed by atoms with Crippen molar-refractivity contribution in [1.29, 1.82) is 0 Å².